The minimum Gasteiger partial charge on any atom is -0.0876 e. The molecule has 1 heteroatoms. The van der Waals surface area contributed by atoms with Crippen LogP contribution >= 0.6 is 15.9 Å². The van der Waals surface area contributed by atoms with Crippen LogP contribution in [0.1, 0.15) is 16.7 Å². The van der Waals surface area contributed by atoms with E-state index in [2.05, 4.69) is 82.7 Å². The Morgan fingerprint density at radius 3 is 2.29 bits per heavy atom. The molecule has 0 saturated heterocycles. The standard InChI is InChI=1S/C20H15Br/c21-13-16-6-2-3-7-18(16)15-9-10-20-17(12-15)11-14-5-1-4-8-19(14)20/h1-10,12H,11,13H2. The second-order valence-electron chi connectivity index (χ2n) is 5.50. The number of fused-ring (bicyclic) bond motifs is 3. The van der Waals surface area contributed by atoms with Crippen molar-refractivity contribution in [2.24, 2.45) is 0 Å². The highest BCUT2D eigenvalue weighted by atomic mass is 79.9. The fourth-order valence-corrected chi connectivity index (χ4v) is 3.72. The first kappa shape index (κ1) is 12.8. The van der Waals surface area contributed by atoms with Gasteiger partial charge in [0.1, 0.15) is 0 Å². The van der Waals surface area contributed by atoms with Gasteiger partial charge >= 0.3 is 0 Å². The lowest BCUT2D eigenvalue weighted by Crippen LogP contribution is -1.88. The second-order valence-corrected chi connectivity index (χ2v) is 6.06. The van der Waals surface area contributed by atoms with Crippen LogP contribution in [0.5, 0.6) is 0 Å². The molecule has 0 nitrogen and oxygen atoms in total. The normalized spacial score (nSPS) is 12.0. The van der Waals surface area contributed by atoms with Gasteiger partial charge in [-0.2, -0.15) is 0 Å². The maximum atomic E-state index is 3.59. The highest BCUT2D eigenvalue weighted by molar-refractivity contribution is 9.08. The van der Waals surface area contributed by atoms with Crippen molar-refractivity contribution in [3.8, 4) is 22.3 Å². The molecular formula is C20H15Br. The van der Waals surface area contributed by atoms with E-state index in [1.807, 2.05) is 0 Å². The van der Waals surface area contributed by atoms with Gasteiger partial charge in [-0.15, -0.1) is 0 Å². The molecule has 0 radical (unpaired) electrons. The van der Waals surface area contributed by atoms with E-state index in [0.717, 1.165) is 11.8 Å². The van der Waals surface area contributed by atoms with Crippen molar-refractivity contribution in [1.29, 1.82) is 0 Å². The Morgan fingerprint density at radius 1 is 0.714 bits per heavy atom. The summed E-state index contributed by atoms with van der Waals surface area (Å²) in [5, 5.41) is 0.889. The third-order valence-electron chi connectivity index (χ3n) is 4.27. The topological polar surface area (TPSA) is 0 Å². The van der Waals surface area contributed by atoms with Gasteiger partial charge in [-0.3, -0.25) is 0 Å². The summed E-state index contributed by atoms with van der Waals surface area (Å²) in [6, 6.07) is 24.2. The van der Waals surface area contributed by atoms with Gasteiger partial charge in [0.05, 0.1) is 0 Å². The van der Waals surface area contributed by atoms with Gasteiger partial charge in [-0.25, -0.2) is 0 Å². The summed E-state index contributed by atoms with van der Waals surface area (Å²) in [6.07, 6.45) is 1.05. The summed E-state index contributed by atoms with van der Waals surface area (Å²) in [4.78, 5) is 0. The monoisotopic (exact) mass is 334 g/mol. The van der Waals surface area contributed by atoms with Crippen LogP contribution in [-0.4, -0.2) is 0 Å². The van der Waals surface area contributed by atoms with Crippen molar-refractivity contribution in [3.05, 3.63) is 83.4 Å². The zero-order chi connectivity index (χ0) is 14.2. The number of rotatable bonds is 2. The van der Waals surface area contributed by atoms with Gasteiger partial charge in [-0.05, 0) is 45.4 Å². The molecule has 0 unspecified atom stereocenters. The Labute approximate surface area is 133 Å². The molecule has 0 aromatic heterocycles. The SMILES string of the molecule is BrCc1ccccc1-c1ccc2c(c1)Cc1ccccc1-2. The number of hydrogen-bond donors (Lipinski definition) is 0. The summed E-state index contributed by atoms with van der Waals surface area (Å²) in [7, 11) is 0. The smallest absolute Gasteiger partial charge is 0.0289 e. The molecule has 0 aliphatic heterocycles. The molecular weight excluding hydrogens is 320 g/mol. The summed E-state index contributed by atoms with van der Waals surface area (Å²) < 4.78 is 0. The third-order valence-corrected chi connectivity index (χ3v) is 4.87. The summed E-state index contributed by atoms with van der Waals surface area (Å²) in [5.41, 5.74) is 9.66. The van der Waals surface area contributed by atoms with Crippen LogP contribution in [0.15, 0.2) is 66.7 Å². The minimum absolute atomic E-state index is 0.889. The van der Waals surface area contributed by atoms with E-state index in [-0.39, 0.29) is 0 Å². The van der Waals surface area contributed by atoms with Crippen LogP contribution < -0.4 is 0 Å². The van der Waals surface area contributed by atoms with E-state index in [1.54, 1.807) is 0 Å². The molecule has 0 amide bonds. The molecule has 4 rings (SSSR count). The van der Waals surface area contributed by atoms with Crippen molar-refractivity contribution in [3.63, 3.8) is 0 Å². The molecule has 0 fully saturated rings. The average Bonchev–Trinajstić information content (AvgIpc) is 2.92. The molecule has 0 spiro atoms. The lowest BCUT2D eigenvalue weighted by Gasteiger charge is -2.09. The maximum Gasteiger partial charge on any atom is 0.0289 e. The first-order valence-electron chi connectivity index (χ1n) is 7.22. The molecule has 102 valence electrons. The van der Waals surface area contributed by atoms with E-state index >= 15 is 0 Å². The van der Waals surface area contributed by atoms with Crippen LogP contribution in [0.25, 0.3) is 22.3 Å². The van der Waals surface area contributed by atoms with Crippen molar-refractivity contribution < 1.29 is 0 Å². The molecule has 0 saturated carbocycles. The summed E-state index contributed by atoms with van der Waals surface area (Å²) >= 11 is 3.59. The number of hydrogen-bond acceptors (Lipinski definition) is 0. The van der Waals surface area contributed by atoms with Crippen molar-refractivity contribution >= 4 is 15.9 Å². The van der Waals surface area contributed by atoms with Gasteiger partial charge in [0, 0.05) is 5.33 Å². The van der Waals surface area contributed by atoms with Crippen molar-refractivity contribution in [2.45, 2.75) is 11.8 Å². The number of alkyl halides is 1. The zero-order valence-electron chi connectivity index (χ0n) is 11.6. The quantitative estimate of drug-likeness (QED) is 0.405. The summed E-state index contributed by atoms with van der Waals surface area (Å²) in [6.45, 7) is 0. The highest BCUT2D eigenvalue weighted by Crippen LogP contribution is 2.39. The molecule has 0 N–H and O–H groups in total. The Morgan fingerprint density at radius 2 is 1.43 bits per heavy atom. The lowest BCUT2D eigenvalue weighted by molar-refractivity contribution is 1.26. The van der Waals surface area contributed by atoms with Gasteiger partial charge in [0.25, 0.3) is 0 Å². The molecule has 3 aromatic carbocycles. The first-order valence-corrected chi connectivity index (χ1v) is 8.34. The Bertz CT molecular complexity index is 818. The maximum absolute atomic E-state index is 3.59. The molecule has 3 aromatic rings. The van der Waals surface area contributed by atoms with Crippen LogP contribution in [0, 0.1) is 0 Å². The number of benzene rings is 3. The largest absolute Gasteiger partial charge is 0.0876 e. The first-order chi connectivity index (χ1) is 10.4. The summed E-state index contributed by atoms with van der Waals surface area (Å²) in [5.74, 6) is 0. The van der Waals surface area contributed by atoms with Crippen molar-refractivity contribution in [1.82, 2.24) is 0 Å². The molecule has 0 atom stereocenters. The van der Waals surface area contributed by atoms with Crippen LogP contribution in [0.3, 0.4) is 0 Å². The van der Waals surface area contributed by atoms with E-state index in [0.29, 0.717) is 0 Å². The molecule has 0 heterocycles. The van der Waals surface area contributed by atoms with E-state index in [9.17, 15) is 0 Å². The predicted molar refractivity (Wildman–Crippen MR) is 92.8 cm³/mol. The fraction of sp³-hybridized carbons (Fsp3) is 0.100. The van der Waals surface area contributed by atoms with Crippen LogP contribution in [0.2, 0.25) is 0 Å². The van der Waals surface area contributed by atoms with E-state index < -0.39 is 0 Å². The predicted octanol–water partition coefficient (Wildman–Crippen LogP) is 5.82. The average molecular weight is 335 g/mol. The van der Waals surface area contributed by atoms with Gasteiger partial charge in [0.15, 0.2) is 0 Å². The highest BCUT2D eigenvalue weighted by Gasteiger charge is 2.18. The lowest BCUT2D eigenvalue weighted by atomic mass is 9.96. The minimum atomic E-state index is 0.889. The van der Waals surface area contributed by atoms with Crippen LogP contribution in [-0.2, 0) is 11.8 Å². The van der Waals surface area contributed by atoms with E-state index in [4.69, 9.17) is 0 Å². The second kappa shape index (κ2) is 5.16. The Kier molecular flexibility index (Phi) is 3.16. The van der Waals surface area contributed by atoms with Gasteiger partial charge in [0.2, 0.25) is 0 Å². The Hall–Kier alpha value is -1.86. The molecule has 0 bridgehead atoms. The Balaban J connectivity index is 1.83. The van der Waals surface area contributed by atoms with Crippen LogP contribution in [0.4, 0.5) is 0 Å². The fourth-order valence-electron chi connectivity index (χ4n) is 3.23. The van der Waals surface area contributed by atoms with Gasteiger partial charge < -0.3 is 0 Å². The zero-order valence-corrected chi connectivity index (χ0v) is 13.2. The molecule has 1 aliphatic carbocycles. The molecule has 21 heavy (non-hydrogen) atoms. The third kappa shape index (κ3) is 2.13. The number of halogens is 1. The van der Waals surface area contributed by atoms with Crippen molar-refractivity contribution in [2.75, 3.05) is 0 Å². The van der Waals surface area contributed by atoms with Gasteiger partial charge in [-0.1, -0.05) is 82.7 Å². The van der Waals surface area contributed by atoms with E-state index in [1.165, 1.54) is 38.9 Å². The molecule has 1 aliphatic rings.